The third-order valence-electron chi connectivity index (χ3n) is 5.18. The van der Waals surface area contributed by atoms with Crippen molar-refractivity contribution in [1.29, 1.82) is 0 Å². The van der Waals surface area contributed by atoms with Crippen LogP contribution in [0.4, 0.5) is 0 Å². The van der Waals surface area contributed by atoms with Crippen LogP contribution in [0, 0.1) is 0 Å². The highest BCUT2D eigenvalue weighted by molar-refractivity contribution is 6.48. The fourth-order valence-corrected chi connectivity index (χ4v) is 4.93. The van der Waals surface area contributed by atoms with Crippen LogP contribution in [-0.4, -0.2) is 9.52 Å². The van der Waals surface area contributed by atoms with Gasteiger partial charge in [-0.25, -0.2) is 0 Å². The van der Waals surface area contributed by atoms with Gasteiger partial charge in [0.25, 0.3) is 0 Å². The van der Waals surface area contributed by atoms with Crippen molar-refractivity contribution in [3.05, 3.63) is 99.8 Å². The highest BCUT2D eigenvalue weighted by Gasteiger charge is 2.24. The summed E-state index contributed by atoms with van der Waals surface area (Å²) in [6, 6.07) is 21.5. The van der Waals surface area contributed by atoms with Gasteiger partial charge in [0, 0.05) is 0 Å². The van der Waals surface area contributed by atoms with Crippen LogP contribution < -0.4 is 0 Å². The van der Waals surface area contributed by atoms with Crippen molar-refractivity contribution in [3.63, 3.8) is 0 Å². The molecule has 0 fully saturated rings. The first-order chi connectivity index (χ1) is 11.6. The molecule has 120 valence electrons. The van der Waals surface area contributed by atoms with Crippen LogP contribution in [0.2, 0.25) is 5.54 Å². The third-order valence-corrected chi connectivity index (χ3v) is 6.83. The van der Waals surface area contributed by atoms with Crippen molar-refractivity contribution in [2.75, 3.05) is 0 Å². The van der Waals surface area contributed by atoms with Crippen LogP contribution in [0.5, 0.6) is 0 Å². The maximum atomic E-state index is 2.45. The molecule has 0 bridgehead atoms. The van der Waals surface area contributed by atoms with Gasteiger partial charge in [-0.2, -0.15) is 0 Å². The van der Waals surface area contributed by atoms with Gasteiger partial charge in [0.05, 0.1) is 9.52 Å². The molecule has 0 nitrogen and oxygen atoms in total. The Morgan fingerprint density at radius 1 is 0.708 bits per heavy atom. The summed E-state index contributed by atoms with van der Waals surface area (Å²) in [5, 5.41) is 0. The molecule has 0 aliphatic heterocycles. The topological polar surface area (TPSA) is 0 Å². The Hall–Kier alpha value is -2.12. The number of benzene rings is 2. The Labute approximate surface area is 148 Å². The van der Waals surface area contributed by atoms with E-state index >= 15 is 0 Å². The fourth-order valence-electron chi connectivity index (χ4n) is 3.33. The summed E-state index contributed by atoms with van der Waals surface area (Å²) in [6.45, 7) is 9.12. The van der Waals surface area contributed by atoms with E-state index in [-0.39, 0.29) is 0 Å². The first-order valence-electron chi connectivity index (χ1n) is 8.51. The minimum Gasteiger partial charge on any atom is -0.0895 e. The summed E-state index contributed by atoms with van der Waals surface area (Å²) in [7, 11) is 0.772. The predicted octanol–water partition coefficient (Wildman–Crippen LogP) is 6.25. The van der Waals surface area contributed by atoms with Gasteiger partial charge < -0.3 is 0 Å². The predicted molar refractivity (Wildman–Crippen MR) is 106 cm³/mol. The molecule has 2 radical (unpaired) electrons. The summed E-state index contributed by atoms with van der Waals surface area (Å²) in [4.78, 5) is 0. The normalized spacial score (nSPS) is 15.2. The molecule has 0 amide bonds. The number of allylic oxidation sites excluding steroid dienone is 4. The maximum Gasteiger partial charge on any atom is 0.0845 e. The van der Waals surface area contributed by atoms with E-state index in [2.05, 4.69) is 94.1 Å². The third kappa shape index (κ3) is 3.22. The summed E-state index contributed by atoms with van der Waals surface area (Å²) < 4.78 is 0. The number of hydrogen-bond acceptors (Lipinski definition) is 0. The van der Waals surface area contributed by atoms with Gasteiger partial charge in [-0.05, 0) is 61.1 Å². The number of hydrogen-bond donors (Lipinski definition) is 0. The van der Waals surface area contributed by atoms with Crippen molar-refractivity contribution in [1.82, 2.24) is 0 Å². The molecular weight excluding hydrogens is 304 g/mol. The van der Waals surface area contributed by atoms with Gasteiger partial charge in [-0.15, -0.1) is 0 Å². The molecule has 24 heavy (non-hydrogen) atoms. The van der Waals surface area contributed by atoms with E-state index in [4.69, 9.17) is 0 Å². The molecule has 1 heteroatoms. The monoisotopic (exact) mass is 328 g/mol. The van der Waals surface area contributed by atoms with Crippen molar-refractivity contribution in [2.45, 2.75) is 33.2 Å². The molecule has 0 saturated carbocycles. The molecule has 0 saturated heterocycles. The van der Waals surface area contributed by atoms with Crippen LogP contribution in [0.1, 0.15) is 38.8 Å². The zero-order chi connectivity index (χ0) is 17.1. The highest BCUT2D eigenvalue weighted by atomic mass is 28.2. The van der Waals surface area contributed by atoms with Gasteiger partial charge in [0.15, 0.2) is 0 Å². The molecule has 2 aromatic rings. The molecule has 1 aliphatic rings. The lowest BCUT2D eigenvalue weighted by atomic mass is 10.00. The minimum atomic E-state index is 0.576. The quantitative estimate of drug-likeness (QED) is 0.581. The Kier molecular flexibility index (Phi) is 5.01. The zero-order valence-corrected chi connectivity index (χ0v) is 15.9. The Bertz CT molecular complexity index is 742. The summed E-state index contributed by atoms with van der Waals surface area (Å²) in [5.74, 6) is 0. The first kappa shape index (κ1) is 16.7. The van der Waals surface area contributed by atoms with Gasteiger partial charge in [-0.1, -0.05) is 77.5 Å². The zero-order valence-electron chi connectivity index (χ0n) is 14.9. The smallest absolute Gasteiger partial charge is 0.0845 e. The molecule has 0 N–H and O–H groups in total. The SMILES string of the molecule is CC1=C(C)C([Si]C=C(c2ccccc2)c2ccccc2)C(C)=C1C. The lowest BCUT2D eigenvalue weighted by molar-refractivity contribution is 1.11. The summed E-state index contributed by atoms with van der Waals surface area (Å²) in [5.41, 5.74) is 13.0. The van der Waals surface area contributed by atoms with E-state index in [0.717, 1.165) is 9.52 Å². The van der Waals surface area contributed by atoms with Gasteiger partial charge in [0.2, 0.25) is 0 Å². The molecule has 0 atom stereocenters. The molecule has 0 spiro atoms. The van der Waals surface area contributed by atoms with E-state index in [9.17, 15) is 0 Å². The van der Waals surface area contributed by atoms with Crippen LogP contribution in [0.15, 0.2) is 88.7 Å². The molecule has 1 aliphatic carbocycles. The lowest BCUT2D eigenvalue weighted by Crippen LogP contribution is -2.03. The molecule has 0 heterocycles. The van der Waals surface area contributed by atoms with Crippen LogP contribution in [-0.2, 0) is 0 Å². The average molecular weight is 329 g/mol. The molecule has 3 rings (SSSR count). The van der Waals surface area contributed by atoms with Crippen LogP contribution in [0.25, 0.3) is 5.57 Å². The first-order valence-corrected chi connectivity index (χ1v) is 9.67. The van der Waals surface area contributed by atoms with Gasteiger partial charge in [-0.3, -0.25) is 0 Å². The van der Waals surface area contributed by atoms with Crippen LogP contribution in [0.3, 0.4) is 0 Å². The molecule has 0 aromatic heterocycles. The molecule has 2 aromatic carbocycles. The number of rotatable bonds is 4. The Balaban J connectivity index is 1.97. The fraction of sp³-hybridized carbons (Fsp3) is 0.217. The van der Waals surface area contributed by atoms with Crippen molar-refractivity contribution < 1.29 is 0 Å². The van der Waals surface area contributed by atoms with Crippen molar-refractivity contribution in [3.8, 4) is 0 Å². The van der Waals surface area contributed by atoms with E-state index < -0.39 is 0 Å². The van der Waals surface area contributed by atoms with E-state index in [1.165, 1.54) is 27.8 Å². The van der Waals surface area contributed by atoms with Gasteiger partial charge in [0.1, 0.15) is 0 Å². The Morgan fingerprint density at radius 3 is 1.54 bits per heavy atom. The minimum absolute atomic E-state index is 0.576. The summed E-state index contributed by atoms with van der Waals surface area (Å²) >= 11 is 0. The van der Waals surface area contributed by atoms with Gasteiger partial charge >= 0.3 is 0 Å². The maximum absolute atomic E-state index is 2.45. The highest BCUT2D eigenvalue weighted by Crippen LogP contribution is 2.40. The molecular formula is C23H24Si. The standard InChI is InChI=1S/C23H24Si/c1-16-17(2)19(4)23(18(16)3)24-15-22(20-11-7-5-8-12-20)21-13-9-6-10-14-21/h5-15,23H,1-4H3. The van der Waals surface area contributed by atoms with Crippen molar-refractivity contribution >= 4 is 15.1 Å². The second-order valence-electron chi connectivity index (χ2n) is 6.51. The van der Waals surface area contributed by atoms with E-state index in [0.29, 0.717) is 5.54 Å². The second kappa shape index (κ2) is 7.19. The van der Waals surface area contributed by atoms with Crippen LogP contribution >= 0.6 is 0 Å². The molecule has 0 unspecified atom stereocenters. The lowest BCUT2D eigenvalue weighted by Gasteiger charge is -2.14. The average Bonchev–Trinajstić information content (AvgIpc) is 2.81. The largest absolute Gasteiger partial charge is 0.0895 e. The van der Waals surface area contributed by atoms with E-state index in [1.807, 2.05) is 0 Å². The summed E-state index contributed by atoms with van der Waals surface area (Å²) in [6.07, 6.45) is 0. The second-order valence-corrected chi connectivity index (χ2v) is 7.71. The Morgan fingerprint density at radius 2 is 1.12 bits per heavy atom. The van der Waals surface area contributed by atoms with E-state index in [1.54, 1.807) is 11.1 Å². The van der Waals surface area contributed by atoms with Crippen molar-refractivity contribution in [2.24, 2.45) is 0 Å².